The molecule has 5 nitrogen and oxygen atoms in total. The average molecular weight is 248 g/mol. The third-order valence-corrected chi connectivity index (χ3v) is 3.41. The minimum Gasteiger partial charge on any atom is -0.329 e. The zero-order valence-electron chi connectivity index (χ0n) is 10.9. The second-order valence-electron chi connectivity index (χ2n) is 4.64. The van der Waals surface area contributed by atoms with E-state index in [1.54, 1.807) is 6.08 Å². The average Bonchev–Trinajstić information content (AvgIpc) is 3.05. The van der Waals surface area contributed by atoms with E-state index in [4.69, 9.17) is 0 Å². The number of carbonyl (C=O) groups is 1. The Morgan fingerprint density at radius 1 is 1.56 bits per heavy atom. The number of nitrogens with one attached hydrogen (secondary N) is 1. The zero-order valence-corrected chi connectivity index (χ0v) is 10.9. The third-order valence-electron chi connectivity index (χ3n) is 3.41. The minimum absolute atomic E-state index is 0.0854. The van der Waals surface area contributed by atoms with Gasteiger partial charge in [0.1, 0.15) is 5.82 Å². The number of amides is 1. The highest BCUT2D eigenvalue weighted by atomic mass is 16.2. The van der Waals surface area contributed by atoms with Crippen molar-refractivity contribution in [3.05, 3.63) is 24.3 Å². The number of aromatic amines is 1. The molecule has 98 valence electrons. The van der Waals surface area contributed by atoms with Gasteiger partial charge in [-0.15, -0.1) is 11.7 Å². The molecule has 1 aliphatic rings. The van der Waals surface area contributed by atoms with E-state index < -0.39 is 0 Å². The highest BCUT2D eigenvalue weighted by molar-refractivity contribution is 5.90. The molecule has 1 aliphatic carbocycles. The Bertz CT molecular complexity index is 420. The first-order chi connectivity index (χ1) is 8.76. The van der Waals surface area contributed by atoms with Crippen LogP contribution in [0.5, 0.6) is 0 Å². The van der Waals surface area contributed by atoms with Gasteiger partial charge < -0.3 is 4.90 Å². The summed E-state index contributed by atoms with van der Waals surface area (Å²) in [5.41, 5.74) is 0. The first kappa shape index (κ1) is 12.8. The smallest absolute Gasteiger partial charge is 0.294 e. The van der Waals surface area contributed by atoms with Crippen molar-refractivity contribution in [1.29, 1.82) is 0 Å². The number of hydrogen-bond acceptors (Lipinski definition) is 3. The number of nitrogens with zero attached hydrogens (tertiary/aromatic N) is 3. The summed E-state index contributed by atoms with van der Waals surface area (Å²) >= 11 is 0. The van der Waals surface area contributed by atoms with Gasteiger partial charge in [0.25, 0.3) is 5.91 Å². The second kappa shape index (κ2) is 5.80. The van der Waals surface area contributed by atoms with E-state index in [0.29, 0.717) is 12.6 Å². The molecule has 0 radical (unpaired) electrons. The maximum atomic E-state index is 12.4. The largest absolute Gasteiger partial charge is 0.329 e. The predicted molar refractivity (Wildman–Crippen MR) is 69.3 cm³/mol. The fraction of sp³-hybridized carbons (Fsp3) is 0.615. The Hall–Kier alpha value is -1.65. The summed E-state index contributed by atoms with van der Waals surface area (Å²) in [5.74, 6) is 0.946. The second-order valence-corrected chi connectivity index (χ2v) is 4.64. The molecule has 0 aromatic carbocycles. The van der Waals surface area contributed by atoms with Crippen LogP contribution in [-0.4, -0.2) is 38.6 Å². The van der Waals surface area contributed by atoms with Crippen LogP contribution < -0.4 is 0 Å². The van der Waals surface area contributed by atoms with Crippen LogP contribution in [0.2, 0.25) is 0 Å². The Balaban J connectivity index is 2.13. The van der Waals surface area contributed by atoms with Crippen LogP contribution in [-0.2, 0) is 6.42 Å². The number of rotatable bonds is 5. The van der Waals surface area contributed by atoms with Crippen molar-refractivity contribution in [2.45, 2.75) is 45.1 Å². The van der Waals surface area contributed by atoms with Crippen LogP contribution in [0.4, 0.5) is 0 Å². The summed E-state index contributed by atoms with van der Waals surface area (Å²) in [6.45, 7) is 6.28. The Kier molecular flexibility index (Phi) is 4.12. The Morgan fingerprint density at radius 2 is 2.28 bits per heavy atom. The Labute approximate surface area is 107 Å². The molecule has 0 unspecified atom stereocenters. The van der Waals surface area contributed by atoms with E-state index in [1.807, 2.05) is 11.8 Å². The van der Waals surface area contributed by atoms with Crippen LogP contribution >= 0.6 is 0 Å². The number of carbonyl (C=O) groups excluding carboxylic acids is 1. The van der Waals surface area contributed by atoms with Crippen molar-refractivity contribution in [2.75, 3.05) is 6.54 Å². The lowest BCUT2D eigenvalue weighted by Crippen LogP contribution is -2.39. The molecule has 1 heterocycles. The molecule has 2 rings (SSSR count). The molecule has 1 saturated carbocycles. The van der Waals surface area contributed by atoms with Crippen molar-refractivity contribution in [3.8, 4) is 0 Å². The third kappa shape index (κ3) is 2.60. The van der Waals surface area contributed by atoms with Crippen molar-refractivity contribution in [3.63, 3.8) is 0 Å². The fourth-order valence-corrected chi connectivity index (χ4v) is 2.43. The van der Waals surface area contributed by atoms with Gasteiger partial charge in [-0.3, -0.25) is 9.89 Å². The topological polar surface area (TPSA) is 61.9 Å². The molecule has 0 spiro atoms. The Morgan fingerprint density at radius 3 is 2.83 bits per heavy atom. The van der Waals surface area contributed by atoms with Gasteiger partial charge in [0.05, 0.1) is 0 Å². The highest BCUT2D eigenvalue weighted by Crippen LogP contribution is 2.24. The lowest BCUT2D eigenvalue weighted by atomic mass is 10.2. The number of hydrogen-bond donors (Lipinski definition) is 1. The van der Waals surface area contributed by atoms with E-state index in [0.717, 1.165) is 25.1 Å². The molecular weight excluding hydrogens is 228 g/mol. The summed E-state index contributed by atoms with van der Waals surface area (Å²) in [6, 6.07) is 0.319. The monoisotopic (exact) mass is 248 g/mol. The lowest BCUT2D eigenvalue weighted by Gasteiger charge is -2.26. The summed E-state index contributed by atoms with van der Waals surface area (Å²) in [6.07, 6.45) is 7.06. The molecule has 18 heavy (non-hydrogen) atoms. The molecule has 1 N–H and O–H groups in total. The van der Waals surface area contributed by atoms with Crippen LogP contribution in [0.1, 0.15) is 49.1 Å². The summed E-state index contributed by atoms with van der Waals surface area (Å²) in [7, 11) is 0. The minimum atomic E-state index is -0.0854. The SMILES string of the molecule is C=CCN(C(=O)c1n[nH]c(CC)n1)C1CCCC1. The van der Waals surface area contributed by atoms with Gasteiger partial charge in [0.15, 0.2) is 0 Å². The van der Waals surface area contributed by atoms with E-state index in [-0.39, 0.29) is 11.7 Å². The van der Waals surface area contributed by atoms with Gasteiger partial charge >= 0.3 is 0 Å². The van der Waals surface area contributed by atoms with Crippen LogP contribution in [0.15, 0.2) is 12.7 Å². The van der Waals surface area contributed by atoms with Crippen molar-refractivity contribution >= 4 is 5.91 Å². The number of aromatic nitrogens is 3. The van der Waals surface area contributed by atoms with E-state index >= 15 is 0 Å². The molecular formula is C13H20N4O. The number of aryl methyl sites for hydroxylation is 1. The molecule has 1 aromatic heterocycles. The zero-order chi connectivity index (χ0) is 13.0. The van der Waals surface area contributed by atoms with E-state index in [9.17, 15) is 4.79 Å². The molecule has 1 amide bonds. The van der Waals surface area contributed by atoms with E-state index in [2.05, 4.69) is 21.8 Å². The molecule has 0 bridgehead atoms. The van der Waals surface area contributed by atoms with Gasteiger partial charge in [-0.25, -0.2) is 4.98 Å². The molecule has 0 atom stereocenters. The number of H-pyrrole nitrogens is 1. The maximum absolute atomic E-state index is 12.4. The molecule has 1 aromatic rings. The van der Waals surface area contributed by atoms with Crippen molar-refractivity contribution in [2.24, 2.45) is 0 Å². The summed E-state index contributed by atoms with van der Waals surface area (Å²) in [5, 5.41) is 6.79. The van der Waals surface area contributed by atoms with Crippen molar-refractivity contribution < 1.29 is 4.79 Å². The standard InChI is InChI=1S/C13H20N4O/c1-3-9-17(10-7-5-6-8-10)13(18)12-14-11(4-2)15-16-12/h3,10H,1,4-9H2,2H3,(H,14,15,16). The fourth-order valence-electron chi connectivity index (χ4n) is 2.43. The predicted octanol–water partition coefficient (Wildman–Crippen LogP) is 1.94. The summed E-state index contributed by atoms with van der Waals surface area (Å²) in [4.78, 5) is 18.4. The first-order valence-corrected chi connectivity index (χ1v) is 6.59. The molecule has 1 fully saturated rings. The maximum Gasteiger partial charge on any atom is 0.294 e. The summed E-state index contributed by atoms with van der Waals surface area (Å²) < 4.78 is 0. The highest BCUT2D eigenvalue weighted by Gasteiger charge is 2.28. The normalized spacial score (nSPS) is 15.8. The van der Waals surface area contributed by atoms with Gasteiger partial charge in [-0.05, 0) is 12.8 Å². The van der Waals surface area contributed by atoms with Crippen LogP contribution in [0, 0.1) is 0 Å². The van der Waals surface area contributed by atoms with Crippen LogP contribution in [0.3, 0.4) is 0 Å². The quantitative estimate of drug-likeness (QED) is 0.810. The van der Waals surface area contributed by atoms with Crippen LogP contribution in [0.25, 0.3) is 0 Å². The lowest BCUT2D eigenvalue weighted by molar-refractivity contribution is 0.0694. The first-order valence-electron chi connectivity index (χ1n) is 6.59. The van der Waals surface area contributed by atoms with Gasteiger partial charge in [0.2, 0.25) is 5.82 Å². The van der Waals surface area contributed by atoms with E-state index in [1.165, 1.54) is 12.8 Å². The van der Waals surface area contributed by atoms with Gasteiger partial charge in [-0.2, -0.15) is 0 Å². The molecule has 5 heteroatoms. The van der Waals surface area contributed by atoms with Gasteiger partial charge in [0, 0.05) is 19.0 Å². The molecule has 0 aliphatic heterocycles. The molecule has 0 saturated heterocycles. The van der Waals surface area contributed by atoms with Gasteiger partial charge in [-0.1, -0.05) is 25.8 Å². The van der Waals surface area contributed by atoms with Crippen molar-refractivity contribution in [1.82, 2.24) is 20.1 Å².